The predicted molar refractivity (Wildman–Crippen MR) is 89.8 cm³/mol. The molecule has 2 atom stereocenters. The highest BCUT2D eigenvalue weighted by molar-refractivity contribution is 7.21. The number of amides is 1. The van der Waals surface area contributed by atoms with Crippen LogP contribution in [-0.2, 0) is 0 Å². The molecule has 1 aliphatic carbocycles. The number of thiophene rings is 1. The minimum absolute atomic E-state index is 0.0763. The second kappa shape index (κ2) is 5.68. The lowest BCUT2D eigenvalue weighted by atomic mass is 9.85. The SMILES string of the molecule is CC1CCCCC1N(C)C(=O)c1sc2ccccc2c1N. The van der Waals surface area contributed by atoms with Gasteiger partial charge in [-0.3, -0.25) is 4.79 Å². The van der Waals surface area contributed by atoms with E-state index in [4.69, 9.17) is 5.73 Å². The zero-order valence-electron chi connectivity index (χ0n) is 12.6. The Labute approximate surface area is 129 Å². The molecule has 1 aromatic carbocycles. The average molecular weight is 302 g/mol. The van der Waals surface area contributed by atoms with Crippen LogP contribution in [0.4, 0.5) is 5.69 Å². The molecule has 1 saturated carbocycles. The second-order valence-corrected chi connectivity index (χ2v) is 7.14. The molecule has 1 aromatic heterocycles. The Morgan fingerprint density at radius 1 is 1.29 bits per heavy atom. The molecule has 1 fully saturated rings. The van der Waals surface area contributed by atoms with E-state index >= 15 is 0 Å². The first-order valence-electron chi connectivity index (χ1n) is 7.63. The summed E-state index contributed by atoms with van der Waals surface area (Å²) in [6.45, 7) is 2.25. The summed E-state index contributed by atoms with van der Waals surface area (Å²) in [6.07, 6.45) is 4.82. The Balaban J connectivity index is 1.91. The van der Waals surface area contributed by atoms with Crippen molar-refractivity contribution in [1.29, 1.82) is 0 Å². The van der Waals surface area contributed by atoms with Crippen LogP contribution in [0.25, 0.3) is 10.1 Å². The zero-order valence-corrected chi connectivity index (χ0v) is 13.5. The normalized spacial score (nSPS) is 22.4. The van der Waals surface area contributed by atoms with E-state index in [9.17, 15) is 4.79 Å². The van der Waals surface area contributed by atoms with Gasteiger partial charge in [-0.2, -0.15) is 0 Å². The number of nitrogens with two attached hydrogens (primary N) is 1. The summed E-state index contributed by atoms with van der Waals surface area (Å²) < 4.78 is 1.09. The number of carbonyl (C=O) groups excluding carboxylic acids is 1. The molecule has 1 amide bonds. The van der Waals surface area contributed by atoms with Crippen molar-refractivity contribution in [3.63, 3.8) is 0 Å². The van der Waals surface area contributed by atoms with E-state index in [1.807, 2.05) is 36.2 Å². The summed E-state index contributed by atoms with van der Waals surface area (Å²) in [5.41, 5.74) is 6.84. The lowest BCUT2D eigenvalue weighted by Crippen LogP contribution is -2.42. The fourth-order valence-electron chi connectivity index (χ4n) is 3.41. The van der Waals surface area contributed by atoms with E-state index < -0.39 is 0 Å². The van der Waals surface area contributed by atoms with Crippen molar-refractivity contribution < 1.29 is 4.79 Å². The van der Waals surface area contributed by atoms with Crippen molar-refractivity contribution in [3.8, 4) is 0 Å². The number of carbonyl (C=O) groups is 1. The van der Waals surface area contributed by atoms with Gasteiger partial charge in [0.15, 0.2) is 0 Å². The topological polar surface area (TPSA) is 46.3 Å². The van der Waals surface area contributed by atoms with E-state index in [0.29, 0.717) is 22.5 Å². The monoisotopic (exact) mass is 302 g/mol. The van der Waals surface area contributed by atoms with Gasteiger partial charge in [0, 0.05) is 23.2 Å². The molecule has 0 radical (unpaired) electrons. The quantitative estimate of drug-likeness (QED) is 0.906. The van der Waals surface area contributed by atoms with Gasteiger partial charge in [-0.25, -0.2) is 0 Å². The molecule has 3 nitrogen and oxygen atoms in total. The van der Waals surface area contributed by atoms with Crippen LogP contribution >= 0.6 is 11.3 Å². The molecule has 112 valence electrons. The van der Waals surface area contributed by atoms with Gasteiger partial charge < -0.3 is 10.6 Å². The molecule has 2 unspecified atom stereocenters. The number of hydrogen-bond acceptors (Lipinski definition) is 3. The van der Waals surface area contributed by atoms with Crippen LogP contribution in [-0.4, -0.2) is 23.9 Å². The molecule has 0 spiro atoms. The Hall–Kier alpha value is -1.55. The van der Waals surface area contributed by atoms with Crippen molar-refractivity contribution >= 4 is 33.0 Å². The van der Waals surface area contributed by atoms with Crippen LogP contribution in [0.2, 0.25) is 0 Å². The van der Waals surface area contributed by atoms with Crippen LogP contribution < -0.4 is 5.73 Å². The Kier molecular flexibility index (Phi) is 3.89. The van der Waals surface area contributed by atoms with Gasteiger partial charge in [-0.15, -0.1) is 11.3 Å². The third kappa shape index (κ3) is 2.53. The summed E-state index contributed by atoms with van der Waals surface area (Å²) in [5.74, 6) is 0.649. The van der Waals surface area contributed by atoms with Crippen molar-refractivity contribution in [2.24, 2.45) is 5.92 Å². The number of hydrogen-bond donors (Lipinski definition) is 1. The highest BCUT2D eigenvalue weighted by Crippen LogP contribution is 2.35. The number of fused-ring (bicyclic) bond motifs is 1. The van der Waals surface area contributed by atoms with E-state index in [1.54, 1.807) is 0 Å². The van der Waals surface area contributed by atoms with Gasteiger partial charge in [0.1, 0.15) is 4.88 Å². The fraction of sp³-hybridized carbons (Fsp3) is 0.471. The number of nitrogen functional groups attached to an aromatic ring is 1. The highest BCUT2D eigenvalue weighted by atomic mass is 32.1. The molecular weight excluding hydrogens is 280 g/mol. The Morgan fingerprint density at radius 3 is 2.71 bits per heavy atom. The summed E-state index contributed by atoms with van der Waals surface area (Å²) in [4.78, 5) is 15.4. The second-order valence-electron chi connectivity index (χ2n) is 6.09. The van der Waals surface area contributed by atoms with Crippen molar-refractivity contribution in [2.45, 2.75) is 38.6 Å². The van der Waals surface area contributed by atoms with Gasteiger partial charge in [0.2, 0.25) is 0 Å². The Bertz CT molecular complexity index is 664. The lowest BCUT2D eigenvalue weighted by molar-refractivity contribution is 0.0635. The summed E-state index contributed by atoms with van der Waals surface area (Å²) in [6, 6.07) is 8.31. The van der Waals surface area contributed by atoms with Crippen molar-refractivity contribution in [3.05, 3.63) is 29.1 Å². The first kappa shape index (κ1) is 14.4. The number of rotatable bonds is 2. The minimum atomic E-state index is 0.0763. The highest BCUT2D eigenvalue weighted by Gasteiger charge is 2.30. The smallest absolute Gasteiger partial charge is 0.266 e. The molecule has 1 heterocycles. The van der Waals surface area contributed by atoms with Gasteiger partial charge in [-0.1, -0.05) is 38.0 Å². The fourth-order valence-corrected chi connectivity index (χ4v) is 4.51. The summed E-state index contributed by atoms with van der Waals surface area (Å²) >= 11 is 1.51. The van der Waals surface area contributed by atoms with E-state index in [0.717, 1.165) is 16.5 Å². The van der Waals surface area contributed by atoms with Crippen LogP contribution in [0.5, 0.6) is 0 Å². The van der Waals surface area contributed by atoms with Crippen LogP contribution in [0.1, 0.15) is 42.3 Å². The zero-order chi connectivity index (χ0) is 15.0. The number of anilines is 1. The average Bonchev–Trinajstić information content (AvgIpc) is 2.84. The lowest BCUT2D eigenvalue weighted by Gasteiger charge is -2.36. The molecule has 21 heavy (non-hydrogen) atoms. The van der Waals surface area contributed by atoms with E-state index in [2.05, 4.69) is 6.92 Å². The van der Waals surface area contributed by atoms with Crippen molar-refractivity contribution in [2.75, 3.05) is 12.8 Å². The molecule has 2 N–H and O–H groups in total. The molecule has 3 rings (SSSR count). The third-order valence-electron chi connectivity index (χ3n) is 4.71. The molecule has 2 aromatic rings. The molecular formula is C17H22N2OS. The van der Waals surface area contributed by atoms with Gasteiger partial charge in [0.05, 0.1) is 5.69 Å². The maximum atomic E-state index is 12.8. The molecule has 0 saturated heterocycles. The van der Waals surface area contributed by atoms with Gasteiger partial charge >= 0.3 is 0 Å². The molecule has 1 aliphatic rings. The maximum absolute atomic E-state index is 12.8. The van der Waals surface area contributed by atoms with Gasteiger partial charge in [0.25, 0.3) is 5.91 Å². The van der Waals surface area contributed by atoms with Crippen LogP contribution in [0.15, 0.2) is 24.3 Å². The number of benzene rings is 1. The maximum Gasteiger partial charge on any atom is 0.266 e. The first-order valence-corrected chi connectivity index (χ1v) is 8.45. The minimum Gasteiger partial charge on any atom is -0.397 e. The molecule has 0 bridgehead atoms. The largest absolute Gasteiger partial charge is 0.397 e. The standard InChI is InChI=1S/C17H22N2OS/c1-11-7-3-5-9-13(11)19(2)17(20)16-15(18)12-8-4-6-10-14(12)21-16/h4,6,8,10-11,13H,3,5,7,9,18H2,1-2H3. The van der Waals surface area contributed by atoms with E-state index in [1.165, 1.54) is 30.6 Å². The number of nitrogens with zero attached hydrogens (tertiary/aromatic N) is 1. The van der Waals surface area contributed by atoms with Crippen LogP contribution in [0, 0.1) is 5.92 Å². The summed E-state index contributed by atoms with van der Waals surface area (Å²) in [7, 11) is 1.93. The Morgan fingerprint density at radius 2 is 2.00 bits per heavy atom. The van der Waals surface area contributed by atoms with Crippen molar-refractivity contribution in [1.82, 2.24) is 4.90 Å². The predicted octanol–water partition coefficient (Wildman–Crippen LogP) is 4.13. The molecule has 0 aliphatic heterocycles. The van der Waals surface area contributed by atoms with E-state index in [-0.39, 0.29) is 5.91 Å². The van der Waals surface area contributed by atoms with Gasteiger partial charge in [-0.05, 0) is 24.8 Å². The molecule has 4 heteroatoms. The first-order chi connectivity index (χ1) is 10.1. The summed E-state index contributed by atoms with van der Waals surface area (Å²) in [5, 5.41) is 0.996. The van der Waals surface area contributed by atoms with Crippen LogP contribution in [0.3, 0.4) is 0 Å². The third-order valence-corrected chi connectivity index (χ3v) is 5.89.